The van der Waals surface area contributed by atoms with Crippen LogP contribution in [0.4, 0.5) is 0 Å². The van der Waals surface area contributed by atoms with Crippen LogP contribution in [0.15, 0.2) is 48.7 Å². The van der Waals surface area contributed by atoms with E-state index in [2.05, 4.69) is 0 Å². The molecule has 0 unspecified atom stereocenters. The van der Waals surface area contributed by atoms with Crippen LogP contribution < -0.4 is 0 Å². The Bertz CT molecular complexity index is 669. The van der Waals surface area contributed by atoms with E-state index in [1.165, 1.54) is 6.08 Å². The number of aryl methyl sites for hydroxylation is 1. The van der Waals surface area contributed by atoms with E-state index < -0.39 is 5.97 Å². The number of rotatable bonds is 5. The maximum Gasteiger partial charge on any atom is 0.330 e. The molecule has 0 saturated carbocycles. The Morgan fingerprint density at radius 2 is 1.90 bits per heavy atom. The van der Waals surface area contributed by atoms with Crippen LogP contribution in [0.2, 0.25) is 0 Å². The lowest BCUT2D eigenvalue weighted by Gasteiger charge is -1.96. The van der Waals surface area contributed by atoms with Crippen molar-refractivity contribution in [3.63, 3.8) is 0 Å². The topological polar surface area (TPSA) is 48.3 Å². The maximum atomic E-state index is 12.3. The smallest absolute Gasteiger partial charge is 0.330 e. The van der Waals surface area contributed by atoms with E-state index in [-0.39, 0.29) is 5.78 Å². The molecule has 2 rings (SSSR count). The highest BCUT2D eigenvalue weighted by molar-refractivity contribution is 6.09. The number of aromatic nitrogens is 1. The van der Waals surface area contributed by atoms with Crippen LogP contribution >= 0.6 is 0 Å². The molecular weight excluding hydrogens is 266 g/mol. The molecule has 21 heavy (non-hydrogen) atoms. The Hall–Kier alpha value is -2.62. The monoisotopic (exact) mass is 283 g/mol. The van der Waals surface area contributed by atoms with Crippen LogP contribution in [-0.2, 0) is 16.6 Å². The highest BCUT2D eigenvalue weighted by atomic mass is 16.5. The SMILES string of the molecule is CCOC(=O)/C=C\c1cc(C(=O)c2ccccc2)cn1C. The number of hydrogen-bond donors (Lipinski definition) is 0. The zero-order valence-corrected chi connectivity index (χ0v) is 12.1. The van der Waals surface area contributed by atoms with Gasteiger partial charge in [0.2, 0.25) is 0 Å². The Morgan fingerprint density at radius 3 is 2.57 bits per heavy atom. The van der Waals surface area contributed by atoms with Crippen LogP contribution in [0, 0.1) is 0 Å². The van der Waals surface area contributed by atoms with Gasteiger partial charge in [-0.15, -0.1) is 0 Å². The first kappa shape index (κ1) is 14.8. The molecule has 0 bridgehead atoms. The molecular formula is C17H17NO3. The van der Waals surface area contributed by atoms with Gasteiger partial charge in [-0.3, -0.25) is 4.79 Å². The molecule has 0 aliphatic heterocycles. The summed E-state index contributed by atoms with van der Waals surface area (Å²) >= 11 is 0. The first-order valence-electron chi connectivity index (χ1n) is 6.72. The third-order valence-electron chi connectivity index (χ3n) is 3.02. The van der Waals surface area contributed by atoms with Crippen molar-refractivity contribution in [1.82, 2.24) is 4.57 Å². The second kappa shape index (κ2) is 6.70. The lowest BCUT2D eigenvalue weighted by Crippen LogP contribution is -1.99. The van der Waals surface area contributed by atoms with Crippen LogP contribution in [0.1, 0.15) is 28.5 Å². The summed E-state index contributed by atoms with van der Waals surface area (Å²) in [5.41, 5.74) is 2.00. The molecule has 0 saturated heterocycles. The Balaban J connectivity index is 2.20. The van der Waals surface area contributed by atoms with Crippen LogP contribution in [0.25, 0.3) is 6.08 Å². The average Bonchev–Trinajstić information content (AvgIpc) is 2.87. The quantitative estimate of drug-likeness (QED) is 0.481. The van der Waals surface area contributed by atoms with Gasteiger partial charge >= 0.3 is 5.97 Å². The van der Waals surface area contributed by atoms with Crippen molar-refractivity contribution in [2.24, 2.45) is 7.05 Å². The summed E-state index contributed by atoms with van der Waals surface area (Å²) in [5.74, 6) is -0.434. The number of carbonyl (C=O) groups is 2. The van der Waals surface area contributed by atoms with Crippen molar-refractivity contribution in [3.05, 3.63) is 65.5 Å². The first-order valence-corrected chi connectivity index (χ1v) is 6.72. The van der Waals surface area contributed by atoms with E-state index in [0.29, 0.717) is 17.7 Å². The third-order valence-corrected chi connectivity index (χ3v) is 3.02. The minimum atomic E-state index is -0.394. The van der Waals surface area contributed by atoms with Crippen LogP contribution in [0.3, 0.4) is 0 Å². The van der Waals surface area contributed by atoms with E-state index in [1.807, 2.05) is 25.2 Å². The summed E-state index contributed by atoms with van der Waals surface area (Å²) in [4.78, 5) is 23.6. The molecule has 0 amide bonds. The Kier molecular flexibility index (Phi) is 4.72. The van der Waals surface area contributed by atoms with E-state index in [1.54, 1.807) is 42.0 Å². The molecule has 1 heterocycles. The van der Waals surface area contributed by atoms with Crippen molar-refractivity contribution >= 4 is 17.8 Å². The Morgan fingerprint density at radius 1 is 1.19 bits per heavy atom. The summed E-state index contributed by atoms with van der Waals surface area (Å²) in [6.45, 7) is 2.10. The van der Waals surface area contributed by atoms with Gasteiger partial charge in [0.15, 0.2) is 5.78 Å². The van der Waals surface area contributed by atoms with Gasteiger partial charge in [0.05, 0.1) is 6.61 Å². The minimum Gasteiger partial charge on any atom is -0.463 e. The lowest BCUT2D eigenvalue weighted by molar-refractivity contribution is -0.137. The first-order chi connectivity index (χ1) is 10.1. The van der Waals surface area contributed by atoms with Crippen LogP contribution in [-0.4, -0.2) is 22.9 Å². The Labute approximate surface area is 123 Å². The predicted molar refractivity (Wildman–Crippen MR) is 81.0 cm³/mol. The average molecular weight is 283 g/mol. The minimum absolute atomic E-state index is 0.0398. The zero-order chi connectivity index (χ0) is 15.2. The number of ketones is 1. The lowest BCUT2D eigenvalue weighted by atomic mass is 10.1. The van der Waals surface area contributed by atoms with Gasteiger partial charge in [0.25, 0.3) is 0 Å². The highest BCUT2D eigenvalue weighted by Crippen LogP contribution is 2.14. The van der Waals surface area contributed by atoms with Gasteiger partial charge in [0, 0.05) is 36.1 Å². The molecule has 0 fully saturated rings. The van der Waals surface area contributed by atoms with Crippen molar-refractivity contribution < 1.29 is 14.3 Å². The summed E-state index contributed by atoms with van der Waals surface area (Å²) in [6.07, 6.45) is 4.75. The van der Waals surface area contributed by atoms with E-state index in [9.17, 15) is 9.59 Å². The molecule has 0 aliphatic carbocycles. The van der Waals surface area contributed by atoms with Gasteiger partial charge in [0.1, 0.15) is 0 Å². The van der Waals surface area contributed by atoms with Gasteiger partial charge < -0.3 is 9.30 Å². The van der Waals surface area contributed by atoms with Gasteiger partial charge in [-0.05, 0) is 19.1 Å². The molecule has 2 aromatic rings. The largest absolute Gasteiger partial charge is 0.463 e. The summed E-state index contributed by atoms with van der Waals surface area (Å²) in [6, 6.07) is 10.8. The van der Waals surface area contributed by atoms with Crippen molar-refractivity contribution in [2.45, 2.75) is 6.92 Å². The molecule has 0 aliphatic rings. The third kappa shape index (κ3) is 3.69. The standard InChI is InChI=1S/C17H17NO3/c1-3-21-16(19)10-9-15-11-14(12-18(15)2)17(20)13-7-5-4-6-8-13/h4-12H,3H2,1-2H3/b10-9-. The fraction of sp³-hybridized carbons (Fsp3) is 0.176. The van der Waals surface area contributed by atoms with Crippen LogP contribution in [0.5, 0.6) is 0 Å². The van der Waals surface area contributed by atoms with Crippen molar-refractivity contribution in [1.29, 1.82) is 0 Å². The number of carbonyl (C=O) groups excluding carboxylic acids is 2. The molecule has 4 heteroatoms. The summed E-state index contributed by atoms with van der Waals surface area (Å²) in [5, 5.41) is 0. The molecule has 1 aromatic heterocycles. The molecule has 1 aromatic carbocycles. The van der Waals surface area contributed by atoms with E-state index in [0.717, 1.165) is 5.69 Å². The number of nitrogens with zero attached hydrogens (tertiary/aromatic N) is 1. The summed E-state index contributed by atoms with van der Waals surface area (Å²) < 4.78 is 6.62. The number of ether oxygens (including phenoxy) is 1. The van der Waals surface area contributed by atoms with Crippen molar-refractivity contribution in [2.75, 3.05) is 6.61 Å². The second-order valence-electron chi connectivity index (χ2n) is 4.55. The molecule has 4 nitrogen and oxygen atoms in total. The van der Waals surface area contributed by atoms with E-state index in [4.69, 9.17) is 4.74 Å². The summed E-state index contributed by atoms with van der Waals surface area (Å²) in [7, 11) is 1.83. The fourth-order valence-electron chi connectivity index (χ4n) is 1.97. The number of esters is 1. The molecule has 0 atom stereocenters. The normalized spacial score (nSPS) is 10.8. The van der Waals surface area contributed by atoms with Gasteiger partial charge in [-0.2, -0.15) is 0 Å². The number of benzene rings is 1. The van der Waals surface area contributed by atoms with Gasteiger partial charge in [-0.1, -0.05) is 30.3 Å². The van der Waals surface area contributed by atoms with Crippen molar-refractivity contribution in [3.8, 4) is 0 Å². The van der Waals surface area contributed by atoms with Gasteiger partial charge in [-0.25, -0.2) is 4.79 Å². The fourth-order valence-corrected chi connectivity index (χ4v) is 1.97. The highest BCUT2D eigenvalue weighted by Gasteiger charge is 2.11. The predicted octanol–water partition coefficient (Wildman–Crippen LogP) is 2.83. The van der Waals surface area contributed by atoms with E-state index >= 15 is 0 Å². The number of hydrogen-bond acceptors (Lipinski definition) is 3. The molecule has 0 spiro atoms. The maximum absolute atomic E-state index is 12.3. The molecule has 0 N–H and O–H groups in total. The second-order valence-corrected chi connectivity index (χ2v) is 4.55. The molecule has 0 radical (unpaired) electrons. The zero-order valence-electron chi connectivity index (χ0n) is 12.1. The molecule has 108 valence electrons.